The van der Waals surface area contributed by atoms with Gasteiger partial charge < -0.3 is 15.5 Å². The summed E-state index contributed by atoms with van der Waals surface area (Å²) in [7, 11) is 1.80. The molecule has 1 atom stereocenters. The molecule has 25 heavy (non-hydrogen) atoms. The molecule has 2 N–H and O–H groups in total. The van der Waals surface area contributed by atoms with E-state index in [1.807, 2.05) is 4.90 Å². The van der Waals surface area contributed by atoms with Gasteiger partial charge in [-0.25, -0.2) is 0 Å². The quantitative estimate of drug-likeness (QED) is 0.399. The summed E-state index contributed by atoms with van der Waals surface area (Å²) in [4.78, 5) is 20.2. The Morgan fingerprint density at radius 3 is 2.76 bits per heavy atom. The second kappa shape index (κ2) is 9.75. The molecule has 1 unspecified atom stereocenters. The highest BCUT2D eigenvalue weighted by atomic mass is 127. The van der Waals surface area contributed by atoms with Crippen LogP contribution in [0.5, 0.6) is 0 Å². The second-order valence-electron chi connectivity index (χ2n) is 6.85. The number of thiophene rings is 1. The molecule has 7 heteroatoms. The van der Waals surface area contributed by atoms with Crippen LogP contribution in [0.15, 0.2) is 16.4 Å². The second-order valence-corrected chi connectivity index (χ2v) is 7.85. The maximum atomic E-state index is 12.5. The molecule has 1 aliphatic heterocycles. The van der Waals surface area contributed by atoms with Gasteiger partial charge in [0.2, 0.25) is 5.91 Å². The molecule has 0 radical (unpaired) electrons. The molecule has 1 aliphatic carbocycles. The molecular formula is C18H29IN4OS. The molecule has 1 saturated heterocycles. The molecule has 2 fully saturated rings. The van der Waals surface area contributed by atoms with Crippen LogP contribution < -0.4 is 10.6 Å². The first-order chi connectivity index (χ1) is 11.7. The fourth-order valence-electron chi connectivity index (χ4n) is 3.65. The van der Waals surface area contributed by atoms with E-state index in [1.165, 1.54) is 23.3 Å². The molecule has 140 valence electrons. The Bertz CT molecular complexity index is 598. The largest absolute Gasteiger partial charge is 0.352 e. The van der Waals surface area contributed by atoms with Gasteiger partial charge in [0.25, 0.3) is 0 Å². The monoisotopic (exact) mass is 476 g/mol. The van der Waals surface area contributed by atoms with E-state index in [4.69, 9.17) is 0 Å². The van der Waals surface area contributed by atoms with Gasteiger partial charge in [-0.2, -0.15) is 0 Å². The van der Waals surface area contributed by atoms with Crippen LogP contribution in [0.3, 0.4) is 0 Å². The van der Waals surface area contributed by atoms with Gasteiger partial charge in [-0.05, 0) is 43.2 Å². The summed E-state index contributed by atoms with van der Waals surface area (Å²) in [5, 5.41) is 8.97. The zero-order valence-electron chi connectivity index (χ0n) is 15.1. The minimum atomic E-state index is 0. The standard InChI is InChI=1S/C18H28N4OS.HI/c1-13-8-10-24-16(13)11-20-18(19-2)21-15-7-9-22(12-15)17(23)14-5-3-4-6-14;/h8,10,14-15H,3-7,9,11-12H2,1-2H3,(H2,19,20,21);1H. The number of carbonyl (C=O) groups is 1. The van der Waals surface area contributed by atoms with Crippen LogP contribution in [0.1, 0.15) is 42.5 Å². The molecule has 0 spiro atoms. The Morgan fingerprint density at radius 1 is 1.36 bits per heavy atom. The summed E-state index contributed by atoms with van der Waals surface area (Å²) < 4.78 is 0. The average Bonchev–Trinajstić information content (AvgIpc) is 3.33. The Morgan fingerprint density at radius 2 is 2.12 bits per heavy atom. The van der Waals surface area contributed by atoms with E-state index in [9.17, 15) is 4.79 Å². The summed E-state index contributed by atoms with van der Waals surface area (Å²) in [5.41, 5.74) is 1.32. The molecule has 3 rings (SSSR count). The summed E-state index contributed by atoms with van der Waals surface area (Å²) in [5.74, 6) is 1.47. The lowest BCUT2D eigenvalue weighted by Crippen LogP contribution is -2.45. The van der Waals surface area contributed by atoms with Crippen LogP contribution in [-0.2, 0) is 11.3 Å². The van der Waals surface area contributed by atoms with Crippen LogP contribution in [0.2, 0.25) is 0 Å². The van der Waals surface area contributed by atoms with Gasteiger partial charge >= 0.3 is 0 Å². The smallest absolute Gasteiger partial charge is 0.225 e. The summed E-state index contributed by atoms with van der Waals surface area (Å²) in [6, 6.07) is 2.44. The van der Waals surface area contributed by atoms with Crippen molar-refractivity contribution in [1.82, 2.24) is 15.5 Å². The molecule has 0 bridgehead atoms. The predicted octanol–water partition coefficient (Wildman–Crippen LogP) is 3.13. The first kappa shape index (κ1) is 20.5. The van der Waals surface area contributed by atoms with Crippen LogP contribution in [0.25, 0.3) is 0 Å². The van der Waals surface area contributed by atoms with Gasteiger partial charge in [0.05, 0.1) is 6.54 Å². The minimum absolute atomic E-state index is 0. The third-order valence-corrected chi connectivity index (χ3v) is 6.18. The van der Waals surface area contributed by atoms with Gasteiger partial charge in [-0.1, -0.05) is 12.8 Å². The van der Waals surface area contributed by atoms with E-state index < -0.39 is 0 Å². The fraction of sp³-hybridized carbons (Fsp3) is 0.667. The molecule has 5 nitrogen and oxygen atoms in total. The number of aliphatic imine (C=N–C) groups is 1. The minimum Gasteiger partial charge on any atom is -0.352 e. The lowest BCUT2D eigenvalue weighted by Gasteiger charge is -2.21. The summed E-state index contributed by atoms with van der Waals surface area (Å²) in [6.45, 7) is 4.59. The number of amides is 1. The topological polar surface area (TPSA) is 56.7 Å². The molecule has 1 aromatic heterocycles. The van der Waals surface area contributed by atoms with Crippen molar-refractivity contribution in [2.24, 2.45) is 10.9 Å². The Hall–Kier alpha value is -0.830. The van der Waals surface area contributed by atoms with Gasteiger partial charge in [-0.3, -0.25) is 9.79 Å². The Labute approximate surface area is 171 Å². The number of aryl methyl sites for hydroxylation is 1. The van der Waals surface area contributed by atoms with Crippen LogP contribution in [0.4, 0.5) is 0 Å². The van der Waals surface area contributed by atoms with Crippen LogP contribution in [0, 0.1) is 12.8 Å². The van der Waals surface area contributed by atoms with E-state index in [0.717, 1.165) is 44.9 Å². The van der Waals surface area contributed by atoms with Crippen molar-refractivity contribution in [1.29, 1.82) is 0 Å². The molecule has 2 aliphatic rings. The number of carbonyl (C=O) groups excluding carboxylic acids is 1. The van der Waals surface area contributed by atoms with E-state index in [-0.39, 0.29) is 29.9 Å². The Balaban J connectivity index is 0.00000225. The number of hydrogen-bond acceptors (Lipinski definition) is 3. The predicted molar refractivity (Wildman–Crippen MR) is 115 cm³/mol. The van der Waals surface area contributed by atoms with Crippen molar-refractivity contribution in [3.05, 3.63) is 21.9 Å². The molecular weight excluding hydrogens is 447 g/mol. The van der Waals surface area contributed by atoms with Crippen molar-refractivity contribution >= 4 is 47.2 Å². The average molecular weight is 476 g/mol. The van der Waals surface area contributed by atoms with Crippen LogP contribution >= 0.6 is 35.3 Å². The molecule has 1 amide bonds. The fourth-order valence-corrected chi connectivity index (χ4v) is 4.49. The van der Waals surface area contributed by atoms with E-state index in [1.54, 1.807) is 18.4 Å². The number of hydrogen-bond donors (Lipinski definition) is 2. The maximum absolute atomic E-state index is 12.5. The van der Waals surface area contributed by atoms with Crippen molar-refractivity contribution in [3.8, 4) is 0 Å². The zero-order chi connectivity index (χ0) is 16.9. The van der Waals surface area contributed by atoms with Gasteiger partial charge in [0, 0.05) is 37.0 Å². The van der Waals surface area contributed by atoms with Crippen molar-refractivity contribution in [2.45, 2.75) is 51.6 Å². The first-order valence-corrected chi connectivity index (χ1v) is 9.84. The zero-order valence-corrected chi connectivity index (χ0v) is 18.2. The van der Waals surface area contributed by atoms with Crippen molar-refractivity contribution in [3.63, 3.8) is 0 Å². The van der Waals surface area contributed by atoms with Gasteiger partial charge in [0.15, 0.2) is 5.96 Å². The highest BCUT2D eigenvalue weighted by molar-refractivity contribution is 14.0. The normalized spacial score (nSPS) is 21.3. The molecule has 1 aromatic rings. The first-order valence-electron chi connectivity index (χ1n) is 8.96. The number of nitrogens with zero attached hydrogens (tertiary/aromatic N) is 2. The molecule has 0 aromatic carbocycles. The van der Waals surface area contributed by atoms with E-state index >= 15 is 0 Å². The van der Waals surface area contributed by atoms with E-state index in [2.05, 4.69) is 34.0 Å². The lowest BCUT2D eigenvalue weighted by atomic mass is 10.1. The third-order valence-electron chi connectivity index (χ3n) is 5.15. The molecule has 1 saturated carbocycles. The SMILES string of the molecule is CN=C(NCc1sccc1C)NC1CCN(C(=O)C2CCCC2)C1.I. The van der Waals surface area contributed by atoms with Gasteiger partial charge in [-0.15, -0.1) is 35.3 Å². The summed E-state index contributed by atoms with van der Waals surface area (Å²) >= 11 is 1.76. The highest BCUT2D eigenvalue weighted by Crippen LogP contribution is 2.27. The maximum Gasteiger partial charge on any atom is 0.225 e. The van der Waals surface area contributed by atoms with E-state index in [0.29, 0.717) is 11.9 Å². The number of likely N-dealkylation sites (tertiary alicyclic amines) is 1. The third kappa shape index (κ3) is 5.32. The number of rotatable bonds is 4. The Kier molecular flexibility index (Phi) is 7.99. The number of guanidine groups is 1. The highest BCUT2D eigenvalue weighted by Gasteiger charge is 2.32. The van der Waals surface area contributed by atoms with Gasteiger partial charge in [0.1, 0.15) is 0 Å². The summed E-state index contributed by atoms with van der Waals surface area (Å²) in [6.07, 6.45) is 5.58. The number of halogens is 1. The molecule has 2 heterocycles. The lowest BCUT2D eigenvalue weighted by molar-refractivity contribution is -0.134. The number of nitrogens with one attached hydrogen (secondary N) is 2. The van der Waals surface area contributed by atoms with Crippen molar-refractivity contribution in [2.75, 3.05) is 20.1 Å². The van der Waals surface area contributed by atoms with Crippen LogP contribution in [-0.4, -0.2) is 42.9 Å². The van der Waals surface area contributed by atoms with Crippen molar-refractivity contribution < 1.29 is 4.79 Å².